The Morgan fingerprint density at radius 3 is 1.97 bits per heavy atom. The molecule has 30 heavy (non-hydrogen) atoms. The summed E-state index contributed by atoms with van der Waals surface area (Å²) in [4.78, 5) is 43.1. The van der Waals surface area contributed by atoms with Crippen LogP contribution in [0.15, 0.2) is 42.5 Å². The normalized spacial score (nSPS) is 16.9. The van der Waals surface area contributed by atoms with Gasteiger partial charge in [0.1, 0.15) is 0 Å². The van der Waals surface area contributed by atoms with Crippen molar-refractivity contribution in [3.63, 3.8) is 0 Å². The Hall–Kier alpha value is -2.86. The number of hydrogen-bond donors (Lipinski definition) is 0. The minimum Gasteiger partial charge on any atom is -0.367 e. The molecule has 0 radical (unpaired) electrons. The summed E-state index contributed by atoms with van der Waals surface area (Å²) in [6.45, 7) is 8.39. The summed E-state index contributed by atoms with van der Waals surface area (Å²) in [6.07, 6.45) is 0. The molecule has 0 spiro atoms. The molecule has 2 aromatic rings. The number of carbonyl (C=O) groups excluding carboxylic acids is 3. The van der Waals surface area contributed by atoms with Crippen molar-refractivity contribution in [3.8, 4) is 0 Å². The highest BCUT2D eigenvalue weighted by Crippen LogP contribution is 2.35. The van der Waals surface area contributed by atoms with Crippen molar-refractivity contribution in [1.82, 2.24) is 4.90 Å². The summed E-state index contributed by atoms with van der Waals surface area (Å²) >= 11 is 6.55. The van der Waals surface area contributed by atoms with E-state index in [1.165, 1.54) is 4.90 Å². The van der Waals surface area contributed by atoms with Gasteiger partial charge in [0.2, 0.25) is 5.91 Å². The van der Waals surface area contributed by atoms with Gasteiger partial charge in [0.05, 0.1) is 27.5 Å². The zero-order chi connectivity index (χ0) is 21.6. The minimum atomic E-state index is -0.395. The van der Waals surface area contributed by atoms with Gasteiger partial charge >= 0.3 is 0 Å². The van der Waals surface area contributed by atoms with Crippen LogP contribution >= 0.6 is 11.6 Å². The molecule has 156 valence electrons. The van der Waals surface area contributed by atoms with E-state index in [-0.39, 0.29) is 17.7 Å². The highest BCUT2D eigenvalue weighted by atomic mass is 35.5. The van der Waals surface area contributed by atoms with E-state index in [9.17, 15) is 14.4 Å². The Balaban J connectivity index is 1.51. The van der Waals surface area contributed by atoms with E-state index >= 15 is 0 Å². The summed E-state index contributed by atoms with van der Waals surface area (Å²) in [7, 11) is 0. The van der Waals surface area contributed by atoms with Crippen LogP contribution in [0.4, 0.5) is 11.4 Å². The maximum Gasteiger partial charge on any atom is 0.266 e. The van der Waals surface area contributed by atoms with Crippen LogP contribution in [0.2, 0.25) is 5.02 Å². The highest BCUT2D eigenvalue weighted by molar-refractivity contribution is 6.36. The van der Waals surface area contributed by atoms with Gasteiger partial charge in [-0.2, -0.15) is 0 Å². The minimum absolute atomic E-state index is 0.147. The van der Waals surface area contributed by atoms with Gasteiger partial charge in [-0.25, -0.2) is 4.90 Å². The van der Waals surface area contributed by atoms with Gasteiger partial charge in [-0.3, -0.25) is 14.4 Å². The van der Waals surface area contributed by atoms with Gasteiger partial charge < -0.3 is 9.80 Å². The number of benzene rings is 2. The molecular formula is C23H24ClN3O3. The number of rotatable bonds is 2. The average molecular weight is 426 g/mol. The van der Waals surface area contributed by atoms with Crippen molar-refractivity contribution in [1.29, 1.82) is 0 Å². The van der Waals surface area contributed by atoms with Crippen LogP contribution in [0.1, 0.15) is 41.5 Å². The predicted octanol–water partition coefficient (Wildman–Crippen LogP) is 3.84. The van der Waals surface area contributed by atoms with Crippen molar-refractivity contribution in [2.75, 3.05) is 36.0 Å². The topological polar surface area (TPSA) is 60.9 Å². The van der Waals surface area contributed by atoms with E-state index in [0.29, 0.717) is 48.0 Å². The zero-order valence-corrected chi connectivity index (χ0v) is 18.1. The molecule has 4 rings (SSSR count). The lowest BCUT2D eigenvalue weighted by Crippen LogP contribution is -2.51. The fraction of sp³-hybridized carbons (Fsp3) is 0.348. The number of hydrogen-bond acceptors (Lipinski definition) is 4. The number of imide groups is 1. The molecule has 1 saturated heterocycles. The van der Waals surface area contributed by atoms with Crippen LogP contribution in [0.5, 0.6) is 0 Å². The quantitative estimate of drug-likeness (QED) is 0.686. The SMILES string of the molecule is CC(C)(C)C(=O)N1CCN(c2ccc(N3C(=O)c4ccccc4C3=O)cc2Cl)CC1. The third-order valence-electron chi connectivity index (χ3n) is 5.53. The Bertz CT molecular complexity index is 1000. The molecule has 0 aliphatic carbocycles. The monoisotopic (exact) mass is 425 g/mol. The van der Waals surface area contributed by atoms with Gasteiger partial charge in [0, 0.05) is 31.6 Å². The maximum absolute atomic E-state index is 12.7. The number of piperazine rings is 1. The summed E-state index contributed by atoms with van der Waals surface area (Å²) in [5, 5.41) is 0.472. The summed E-state index contributed by atoms with van der Waals surface area (Å²) in [5.41, 5.74) is 1.70. The molecule has 2 aliphatic heterocycles. The molecule has 0 bridgehead atoms. The van der Waals surface area contributed by atoms with E-state index in [1.54, 1.807) is 36.4 Å². The molecule has 2 aromatic carbocycles. The van der Waals surface area contributed by atoms with Crippen molar-refractivity contribution in [3.05, 3.63) is 58.6 Å². The van der Waals surface area contributed by atoms with E-state index in [1.807, 2.05) is 31.7 Å². The Kier molecular flexibility index (Phi) is 5.06. The number of anilines is 2. The number of carbonyl (C=O) groups is 3. The average Bonchev–Trinajstić information content (AvgIpc) is 2.97. The molecule has 2 aliphatic rings. The number of fused-ring (bicyclic) bond motifs is 1. The van der Waals surface area contributed by atoms with E-state index in [0.717, 1.165) is 5.69 Å². The van der Waals surface area contributed by atoms with Crippen molar-refractivity contribution in [2.45, 2.75) is 20.8 Å². The number of nitrogens with zero attached hydrogens (tertiary/aromatic N) is 3. The molecular weight excluding hydrogens is 402 g/mol. The lowest BCUT2D eigenvalue weighted by atomic mass is 9.94. The second-order valence-corrected chi connectivity index (χ2v) is 9.06. The maximum atomic E-state index is 12.7. The van der Waals surface area contributed by atoms with Gasteiger partial charge in [0.15, 0.2) is 0 Å². The first kappa shape index (κ1) is 20.4. The highest BCUT2D eigenvalue weighted by Gasteiger charge is 2.36. The fourth-order valence-electron chi connectivity index (χ4n) is 3.94. The predicted molar refractivity (Wildman–Crippen MR) is 117 cm³/mol. The van der Waals surface area contributed by atoms with Crippen LogP contribution in [0, 0.1) is 5.41 Å². The van der Waals surface area contributed by atoms with E-state index < -0.39 is 5.41 Å². The van der Waals surface area contributed by atoms with Crippen molar-refractivity contribution < 1.29 is 14.4 Å². The van der Waals surface area contributed by atoms with Gasteiger partial charge in [0.25, 0.3) is 11.8 Å². The summed E-state index contributed by atoms with van der Waals surface area (Å²) < 4.78 is 0. The van der Waals surface area contributed by atoms with E-state index in [2.05, 4.69) is 4.90 Å². The van der Waals surface area contributed by atoms with Crippen molar-refractivity contribution in [2.24, 2.45) is 5.41 Å². The van der Waals surface area contributed by atoms with Crippen LogP contribution in [-0.2, 0) is 4.79 Å². The van der Waals surface area contributed by atoms with Crippen LogP contribution in [-0.4, -0.2) is 48.8 Å². The first-order valence-electron chi connectivity index (χ1n) is 10.00. The fourth-order valence-corrected chi connectivity index (χ4v) is 4.23. The lowest BCUT2D eigenvalue weighted by molar-refractivity contribution is -0.139. The second kappa shape index (κ2) is 7.43. The zero-order valence-electron chi connectivity index (χ0n) is 17.3. The Morgan fingerprint density at radius 2 is 1.47 bits per heavy atom. The molecule has 0 aromatic heterocycles. The van der Waals surface area contributed by atoms with Gasteiger partial charge in [-0.1, -0.05) is 44.5 Å². The third-order valence-corrected chi connectivity index (χ3v) is 5.84. The molecule has 0 atom stereocenters. The largest absolute Gasteiger partial charge is 0.367 e. The molecule has 6 nitrogen and oxygen atoms in total. The van der Waals surface area contributed by atoms with Gasteiger partial charge in [-0.05, 0) is 30.3 Å². The lowest BCUT2D eigenvalue weighted by Gasteiger charge is -2.39. The molecule has 3 amide bonds. The Morgan fingerprint density at radius 1 is 0.900 bits per heavy atom. The molecule has 0 N–H and O–H groups in total. The molecule has 7 heteroatoms. The molecule has 2 heterocycles. The molecule has 0 unspecified atom stereocenters. The van der Waals surface area contributed by atoms with Crippen LogP contribution in [0.25, 0.3) is 0 Å². The first-order chi connectivity index (χ1) is 14.2. The number of amides is 3. The standard InChI is InChI=1S/C23H24ClN3O3/c1-23(2,3)22(30)26-12-10-25(11-13-26)19-9-8-15(14-18(19)24)27-20(28)16-6-4-5-7-17(16)21(27)29/h4-9,14H,10-13H2,1-3H3. The summed E-state index contributed by atoms with van der Waals surface area (Å²) in [6, 6.07) is 12.0. The van der Waals surface area contributed by atoms with Crippen LogP contribution < -0.4 is 9.80 Å². The van der Waals surface area contributed by atoms with E-state index in [4.69, 9.17) is 11.6 Å². The molecule has 0 saturated carbocycles. The Labute approximate surface area is 181 Å². The third kappa shape index (κ3) is 3.45. The number of halogens is 1. The van der Waals surface area contributed by atoms with Crippen LogP contribution in [0.3, 0.4) is 0 Å². The van der Waals surface area contributed by atoms with Gasteiger partial charge in [-0.15, -0.1) is 0 Å². The molecule has 1 fully saturated rings. The summed E-state index contributed by atoms with van der Waals surface area (Å²) in [5.74, 6) is -0.531. The smallest absolute Gasteiger partial charge is 0.266 e. The first-order valence-corrected chi connectivity index (χ1v) is 10.4. The van der Waals surface area contributed by atoms with Crippen molar-refractivity contribution >= 4 is 40.7 Å². The second-order valence-electron chi connectivity index (χ2n) is 8.66.